The molecule has 0 bridgehead atoms. The summed E-state index contributed by atoms with van der Waals surface area (Å²) in [4.78, 5) is 0. The van der Waals surface area contributed by atoms with Crippen LogP contribution in [-0.4, -0.2) is 0 Å². The summed E-state index contributed by atoms with van der Waals surface area (Å²) in [5, 5.41) is 0. The van der Waals surface area contributed by atoms with E-state index in [4.69, 9.17) is 4.74 Å². The molecule has 0 amide bonds. The summed E-state index contributed by atoms with van der Waals surface area (Å²) in [5.74, 6) is 1.92. The second-order valence-corrected chi connectivity index (χ2v) is 9.83. The highest BCUT2D eigenvalue weighted by Crippen LogP contribution is 2.53. The van der Waals surface area contributed by atoms with E-state index in [1.807, 2.05) is 6.07 Å². The maximum Gasteiger partial charge on any atom is 0.131 e. The number of para-hydroxylation sites is 1. The van der Waals surface area contributed by atoms with Gasteiger partial charge in [0.05, 0.1) is 0 Å². The predicted octanol–water partition coefficient (Wildman–Crippen LogP) is 8.09. The van der Waals surface area contributed by atoms with Crippen LogP contribution in [0, 0.1) is 0 Å². The highest BCUT2D eigenvalue weighted by molar-refractivity contribution is 5.88. The highest BCUT2D eigenvalue weighted by Gasteiger charge is 2.38. The van der Waals surface area contributed by atoms with Crippen molar-refractivity contribution in [2.24, 2.45) is 0 Å². The minimum atomic E-state index is -0.114. The number of hydrogen-bond acceptors (Lipinski definition) is 1. The number of rotatable bonds is 1. The van der Waals surface area contributed by atoms with E-state index in [1.54, 1.807) is 0 Å². The van der Waals surface area contributed by atoms with Crippen LogP contribution in [-0.2, 0) is 10.8 Å². The van der Waals surface area contributed by atoms with Crippen molar-refractivity contribution in [3.63, 3.8) is 0 Å². The van der Waals surface area contributed by atoms with Crippen molar-refractivity contribution in [3.8, 4) is 33.8 Å². The second-order valence-electron chi connectivity index (χ2n) is 9.83. The van der Waals surface area contributed by atoms with E-state index in [1.165, 1.54) is 44.5 Å². The average Bonchev–Trinajstić information content (AvgIpc) is 3.01. The molecule has 152 valence electrons. The zero-order valence-electron chi connectivity index (χ0n) is 18.5. The predicted molar refractivity (Wildman–Crippen MR) is 128 cm³/mol. The summed E-state index contributed by atoms with van der Waals surface area (Å²) in [7, 11) is 0. The van der Waals surface area contributed by atoms with Crippen LogP contribution >= 0.6 is 0 Å². The molecule has 31 heavy (non-hydrogen) atoms. The van der Waals surface area contributed by atoms with E-state index in [9.17, 15) is 0 Å². The molecule has 4 aromatic carbocycles. The van der Waals surface area contributed by atoms with Crippen molar-refractivity contribution in [1.29, 1.82) is 0 Å². The Balaban J connectivity index is 1.56. The van der Waals surface area contributed by atoms with E-state index in [-0.39, 0.29) is 10.8 Å². The molecule has 0 spiro atoms. The van der Waals surface area contributed by atoms with Gasteiger partial charge >= 0.3 is 0 Å². The minimum absolute atomic E-state index is 0.0307. The Kier molecular flexibility index (Phi) is 3.63. The first-order valence-corrected chi connectivity index (χ1v) is 11.0. The summed E-state index contributed by atoms with van der Waals surface area (Å²) < 4.78 is 6.29. The Morgan fingerprint density at radius 3 is 2.00 bits per heavy atom. The summed E-state index contributed by atoms with van der Waals surface area (Å²) in [5.41, 5.74) is 10.5. The third kappa shape index (κ3) is 2.44. The molecule has 0 atom stereocenters. The Bertz CT molecular complexity index is 1360. The average molecular weight is 403 g/mol. The number of fused-ring (bicyclic) bond motifs is 5. The lowest BCUT2D eigenvalue weighted by Crippen LogP contribution is -2.24. The molecule has 1 aliphatic heterocycles. The number of ether oxygens (including phenoxy) is 1. The molecular formula is C30H26O. The van der Waals surface area contributed by atoms with Gasteiger partial charge in [-0.05, 0) is 51.6 Å². The first-order valence-electron chi connectivity index (χ1n) is 11.0. The van der Waals surface area contributed by atoms with Crippen molar-refractivity contribution >= 4 is 0 Å². The molecule has 0 radical (unpaired) electrons. The van der Waals surface area contributed by atoms with E-state index in [0.717, 1.165) is 11.5 Å². The Hall–Kier alpha value is -3.32. The van der Waals surface area contributed by atoms with Crippen LogP contribution in [0.2, 0.25) is 0 Å². The second kappa shape index (κ2) is 6.11. The molecule has 0 aromatic heterocycles. The van der Waals surface area contributed by atoms with Crippen molar-refractivity contribution < 1.29 is 4.74 Å². The first-order chi connectivity index (χ1) is 14.9. The SMILES string of the molecule is CC1(C)c2ccccc2Oc2ccc(-c3cccc4c3C(C)(C)c3ccccc3-4)cc21. The smallest absolute Gasteiger partial charge is 0.131 e. The zero-order valence-corrected chi connectivity index (χ0v) is 18.5. The summed E-state index contributed by atoms with van der Waals surface area (Å²) >= 11 is 0. The molecule has 2 aliphatic rings. The normalized spacial score (nSPS) is 16.5. The van der Waals surface area contributed by atoms with Crippen molar-refractivity contribution in [3.05, 3.63) is 107 Å². The fraction of sp³-hybridized carbons (Fsp3) is 0.200. The van der Waals surface area contributed by atoms with Gasteiger partial charge in [-0.15, -0.1) is 0 Å². The van der Waals surface area contributed by atoms with Gasteiger partial charge in [-0.2, -0.15) is 0 Å². The Morgan fingerprint density at radius 2 is 1.16 bits per heavy atom. The zero-order chi connectivity index (χ0) is 21.4. The van der Waals surface area contributed by atoms with Gasteiger partial charge in [0.25, 0.3) is 0 Å². The van der Waals surface area contributed by atoms with Crippen LogP contribution in [0.1, 0.15) is 49.9 Å². The van der Waals surface area contributed by atoms with Gasteiger partial charge in [-0.1, -0.05) is 94.4 Å². The fourth-order valence-corrected chi connectivity index (χ4v) is 5.70. The van der Waals surface area contributed by atoms with Crippen LogP contribution in [0.3, 0.4) is 0 Å². The lowest BCUT2D eigenvalue weighted by Gasteiger charge is -2.35. The standard InChI is InChI=1S/C30H26O/c1-29(2)24-14-7-8-15-26(24)31-27-17-16-19(18-25(27)29)20-11-9-12-22-21-10-5-6-13-23(21)30(3,4)28(20)22/h5-18H,1-4H3. The van der Waals surface area contributed by atoms with E-state index in [0.29, 0.717) is 0 Å². The maximum absolute atomic E-state index is 6.29. The third-order valence-corrected chi connectivity index (χ3v) is 7.32. The quantitative estimate of drug-likeness (QED) is 0.312. The van der Waals surface area contributed by atoms with E-state index >= 15 is 0 Å². The molecular weight excluding hydrogens is 376 g/mol. The lowest BCUT2D eigenvalue weighted by atomic mass is 9.74. The fourth-order valence-electron chi connectivity index (χ4n) is 5.70. The first kappa shape index (κ1) is 18.4. The number of benzene rings is 4. The molecule has 0 saturated heterocycles. The van der Waals surface area contributed by atoms with Crippen LogP contribution < -0.4 is 4.74 Å². The van der Waals surface area contributed by atoms with Crippen molar-refractivity contribution in [2.75, 3.05) is 0 Å². The van der Waals surface area contributed by atoms with Crippen molar-refractivity contribution in [1.82, 2.24) is 0 Å². The third-order valence-electron chi connectivity index (χ3n) is 7.32. The molecule has 1 nitrogen and oxygen atoms in total. The molecule has 4 aromatic rings. The Morgan fingerprint density at radius 1 is 0.516 bits per heavy atom. The molecule has 6 rings (SSSR count). The Labute approximate surface area is 184 Å². The molecule has 1 heterocycles. The monoisotopic (exact) mass is 402 g/mol. The van der Waals surface area contributed by atoms with Crippen molar-refractivity contribution in [2.45, 2.75) is 38.5 Å². The lowest BCUT2D eigenvalue weighted by molar-refractivity contribution is 0.418. The van der Waals surface area contributed by atoms with Gasteiger partial charge in [0, 0.05) is 22.0 Å². The molecule has 0 fully saturated rings. The van der Waals surface area contributed by atoms with Crippen LogP contribution in [0.25, 0.3) is 22.3 Å². The van der Waals surface area contributed by atoms with E-state index < -0.39 is 0 Å². The molecule has 0 saturated carbocycles. The van der Waals surface area contributed by atoms with Crippen LogP contribution in [0.15, 0.2) is 84.9 Å². The van der Waals surface area contributed by atoms with Crippen LogP contribution in [0.4, 0.5) is 0 Å². The largest absolute Gasteiger partial charge is 0.457 e. The maximum atomic E-state index is 6.29. The van der Waals surface area contributed by atoms with Gasteiger partial charge in [-0.25, -0.2) is 0 Å². The molecule has 0 N–H and O–H groups in total. The topological polar surface area (TPSA) is 9.23 Å². The van der Waals surface area contributed by atoms with Gasteiger partial charge in [0.2, 0.25) is 0 Å². The summed E-state index contributed by atoms with van der Waals surface area (Å²) in [6.45, 7) is 9.30. The highest BCUT2D eigenvalue weighted by atomic mass is 16.5. The minimum Gasteiger partial charge on any atom is -0.457 e. The van der Waals surface area contributed by atoms with Gasteiger partial charge in [-0.3, -0.25) is 0 Å². The van der Waals surface area contributed by atoms with Gasteiger partial charge in [0.15, 0.2) is 0 Å². The summed E-state index contributed by atoms with van der Waals surface area (Å²) in [6.07, 6.45) is 0. The van der Waals surface area contributed by atoms with Gasteiger partial charge < -0.3 is 4.74 Å². The van der Waals surface area contributed by atoms with E-state index in [2.05, 4.69) is 107 Å². The number of hydrogen-bond donors (Lipinski definition) is 0. The summed E-state index contributed by atoms with van der Waals surface area (Å²) in [6, 6.07) is 30.7. The molecule has 1 heteroatoms. The molecule has 1 aliphatic carbocycles. The van der Waals surface area contributed by atoms with Crippen LogP contribution in [0.5, 0.6) is 11.5 Å². The molecule has 0 unspecified atom stereocenters. The van der Waals surface area contributed by atoms with Gasteiger partial charge in [0.1, 0.15) is 11.5 Å².